The zero-order valence-electron chi connectivity index (χ0n) is 11.9. The van der Waals surface area contributed by atoms with E-state index in [4.69, 9.17) is 0 Å². The third-order valence-corrected chi connectivity index (χ3v) is 3.49. The van der Waals surface area contributed by atoms with Gasteiger partial charge in [-0.05, 0) is 47.7 Å². The van der Waals surface area contributed by atoms with E-state index in [0.717, 1.165) is 28.0 Å². The fourth-order valence-electron chi connectivity index (χ4n) is 2.42. The lowest BCUT2D eigenvalue weighted by molar-refractivity contribution is 0.791. The first-order valence-corrected chi connectivity index (χ1v) is 6.89. The number of benzene rings is 1. The summed E-state index contributed by atoms with van der Waals surface area (Å²) in [4.78, 5) is 8.82. The zero-order valence-corrected chi connectivity index (χ0v) is 11.9. The highest BCUT2D eigenvalue weighted by Crippen LogP contribution is 2.25. The number of para-hydroxylation sites is 1. The minimum atomic E-state index is 0.668. The predicted octanol–water partition coefficient (Wildman–Crippen LogP) is 2.58. The fourth-order valence-corrected chi connectivity index (χ4v) is 2.42. The smallest absolute Gasteiger partial charge is 0.188 e. The quantitative estimate of drug-likeness (QED) is 0.567. The van der Waals surface area contributed by atoms with Crippen LogP contribution in [0, 0.1) is 6.92 Å². The minimum absolute atomic E-state index is 0.668. The largest absolute Gasteiger partial charge is 0.237 e. The molecular weight excluding hydrogens is 276 g/mol. The topological polar surface area (TPSA) is 69.4 Å². The Bertz CT molecular complexity index is 945. The van der Waals surface area contributed by atoms with E-state index in [1.165, 1.54) is 0 Å². The van der Waals surface area contributed by atoms with Gasteiger partial charge < -0.3 is 0 Å². The van der Waals surface area contributed by atoms with E-state index in [2.05, 4.69) is 25.5 Å². The number of fused-ring (bicyclic) bond motifs is 1. The molecule has 106 valence electrons. The number of aromatic nitrogens is 6. The standard InChI is InChI=1S/C16H12N6/c1-11-14(10-12-6-5-9-17-15(12)18-11)16-19-20-21-22(16)13-7-3-2-4-8-13/h2-10H,1H3. The Morgan fingerprint density at radius 3 is 2.73 bits per heavy atom. The Hall–Kier alpha value is -3.15. The summed E-state index contributed by atoms with van der Waals surface area (Å²) >= 11 is 0. The van der Waals surface area contributed by atoms with Crippen LogP contribution in [0.25, 0.3) is 28.1 Å². The Morgan fingerprint density at radius 2 is 1.86 bits per heavy atom. The number of pyridine rings is 2. The number of tetrazole rings is 1. The molecule has 0 unspecified atom stereocenters. The SMILES string of the molecule is Cc1nc2ncccc2cc1-c1nnnn1-c1ccccc1. The minimum Gasteiger partial charge on any atom is -0.237 e. The summed E-state index contributed by atoms with van der Waals surface area (Å²) < 4.78 is 1.71. The van der Waals surface area contributed by atoms with E-state index < -0.39 is 0 Å². The van der Waals surface area contributed by atoms with E-state index in [9.17, 15) is 0 Å². The molecule has 0 bridgehead atoms. The van der Waals surface area contributed by atoms with Gasteiger partial charge in [-0.1, -0.05) is 18.2 Å². The summed E-state index contributed by atoms with van der Waals surface area (Å²) in [6.07, 6.45) is 1.74. The van der Waals surface area contributed by atoms with Gasteiger partial charge >= 0.3 is 0 Å². The first-order valence-electron chi connectivity index (χ1n) is 6.89. The maximum atomic E-state index is 4.55. The highest BCUT2D eigenvalue weighted by atomic mass is 15.5. The summed E-state index contributed by atoms with van der Waals surface area (Å²) in [6, 6.07) is 15.7. The van der Waals surface area contributed by atoms with Gasteiger partial charge in [-0.3, -0.25) is 0 Å². The summed E-state index contributed by atoms with van der Waals surface area (Å²) in [7, 11) is 0. The monoisotopic (exact) mass is 288 g/mol. The lowest BCUT2D eigenvalue weighted by Crippen LogP contribution is -2.01. The molecule has 6 heteroatoms. The van der Waals surface area contributed by atoms with E-state index in [1.807, 2.05) is 55.5 Å². The van der Waals surface area contributed by atoms with Crippen molar-refractivity contribution in [3.63, 3.8) is 0 Å². The van der Waals surface area contributed by atoms with Gasteiger partial charge in [-0.15, -0.1) is 5.10 Å². The second-order valence-corrected chi connectivity index (χ2v) is 4.92. The molecule has 1 aromatic carbocycles. The lowest BCUT2D eigenvalue weighted by Gasteiger charge is -2.07. The second kappa shape index (κ2) is 5.00. The molecule has 4 rings (SSSR count). The summed E-state index contributed by atoms with van der Waals surface area (Å²) in [5.74, 6) is 0.668. The molecule has 3 heterocycles. The Kier molecular flexibility index (Phi) is 2.86. The van der Waals surface area contributed by atoms with Crippen molar-refractivity contribution in [3.05, 3.63) is 60.4 Å². The molecule has 6 nitrogen and oxygen atoms in total. The predicted molar refractivity (Wildman–Crippen MR) is 82.4 cm³/mol. The van der Waals surface area contributed by atoms with Crippen LogP contribution in [0.15, 0.2) is 54.7 Å². The maximum Gasteiger partial charge on any atom is 0.188 e. The van der Waals surface area contributed by atoms with Crippen molar-refractivity contribution in [2.24, 2.45) is 0 Å². The highest BCUT2D eigenvalue weighted by Gasteiger charge is 2.14. The normalized spacial score (nSPS) is 11.0. The fraction of sp³-hybridized carbons (Fsp3) is 0.0625. The molecule has 0 amide bonds. The van der Waals surface area contributed by atoms with Crippen molar-refractivity contribution >= 4 is 11.0 Å². The van der Waals surface area contributed by atoms with E-state index in [-0.39, 0.29) is 0 Å². The molecule has 3 aromatic heterocycles. The molecule has 0 atom stereocenters. The Labute approximate surface area is 126 Å². The van der Waals surface area contributed by atoms with Gasteiger partial charge in [0.15, 0.2) is 11.5 Å². The number of rotatable bonds is 2. The van der Waals surface area contributed by atoms with Crippen LogP contribution >= 0.6 is 0 Å². The van der Waals surface area contributed by atoms with Gasteiger partial charge in [0.25, 0.3) is 0 Å². The van der Waals surface area contributed by atoms with Crippen molar-refractivity contribution in [1.29, 1.82) is 0 Å². The van der Waals surface area contributed by atoms with Crippen LogP contribution in [0.1, 0.15) is 5.69 Å². The third-order valence-electron chi connectivity index (χ3n) is 3.49. The highest BCUT2D eigenvalue weighted by molar-refractivity contribution is 5.80. The van der Waals surface area contributed by atoms with Crippen LogP contribution in [0.5, 0.6) is 0 Å². The van der Waals surface area contributed by atoms with Gasteiger partial charge in [-0.2, -0.15) is 4.68 Å². The van der Waals surface area contributed by atoms with Crippen molar-refractivity contribution < 1.29 is 0 Å². The van der Waals surface area contributed by atoms with Crippen molar-refractivity contribution in [3.8, 4) is 17.1 Å². The number of aryl methyl sites for hydroxylation is 1. The third kappa shape index (κ3) is 2.01. The van der Waals surface area contributed by atoms with Crippen LogP contribution in [0.3, 0.4) is 0 Å². The molecule has 0 fully saturated rings. The molecule has 0 saturated heterocycles. The van der Waals surface area contributed by atoms with Gasteiger partial charge in [-0.25, -0.2) is 9.97 Å². The molecule has 0 aliphatic carbocycles. The van der Waals surface area contributed by atoms with Gasteiger partial charge in [0, 0.05) is 17.1 Å². The van der Waals surface area contributed by atoms with Gasteiger partial charge in [0.05, 0.1) is 11.4 Å². The van der Waals surface area contributed by atoms with Crippen molar-refractivity contribution in [1.82, 2.24) is 30.2 Å². The first kappa shape index (κ1) is 12.6. The van der Waals surface area contributed by atoms with E-state index in [1.54, 1.807) is 10.9 Å². The van der Waals surface area contributed by atoms with Gasteiger partial charge in [0.2, 0.25) is 0 Å². The zero-order chi connectivity index (χ0) is 14.9. The van der Waals surface area contributed by atoms with Crippen LogP contribution in [-0.2, 0) is 0 Å². The number of hydrogen-bond donors (Lipinski definition) is 0. The van der Waals surface area contributed by atoms with Crippen LogP contribution in [-0.4, -0.2) is 30.2 Å². The van der Waals surface area contributed by atoms with Crippen molar-refractivity contribution in [2.45, 2.75) is 6.92 Å². The van der Waals surface area contributed by atoms with Gasteiger partial charge in [0.1, 0.15) is 0 Å². The maximum absolute atomic E-state index is 4.55. The number of hydrogen-bond acceptors (Lipinski definition) is 5. The molecule has 4 aromatic rings. The van der Waals surface area contributed by atoms with Crippen LogP contribution in [0.2, 0.25) is 0 Å². The van der Waals surface area contributed by atoms with E-state index >= 15 is 0 Å². The average molecular weight is 288 g/mol. The number of nitrogens with zero attached hydrogens (tertiary/aromatic N) is 6. The molecule has 0 spiro atoms. The second-order valence-electron chi connectivity index (χ2n) is 4.92. The first-order chi connectivity index (χ1) is 10.8. The molecule has 0 saturated carbocycles. The molecule has 0 aliphatic rings. The molecular formula is C16H12N6. The molecule has 0 radical (unpaired) electrons. The Morgan fingerprint density at radius 1 is 1.00 bits per heavy atom. The molecule has 0 N–H and O–H groups in total. The lowest BCUT2D eigenvalue weighted by atomic mass is 10.1. The average Bonchev–Trinajstić information content (AvgIpc) is 3.04. The Balaban J connectivity index is 1.93. The van der Waals surface area contributed by atoms with Crippen molar-refractivity contribution in [2.75, 3.05) is 0 Å². The summed E-state index contributed by atoms with van der Waals surface area (Å²) in [5, 5.41) is 13.0. The molecule has 0 aliphatic heterocycles. The molecule has 22 heavy (non-hydrogen) atoms. The van der Waals surface area contributed by atoms with Crippen LogP contribution in [0.4, 0.5) is 0 Å². The van der Waals surface area contributed by atoms with Crippen LogP contribution < -0.4 is 0 Å². The van der Waals surface area contributed by atoms with E-state index in [0.29, 0.717) is 5.82 Å². The summed E-state index contributed by atoms with van der Waals surface area (Å²) in [5.41, 5.74) is 3.38. The summed E-state index contributed by atoms with van der Waals surface area (Å²) in [6.45, 7) is 1.94.